The van der Waals surface area contributed by atoms with Gasteiger partial charge in [-0.05, 0) is 68.5 Å². The molecule has 8 N–H and O–H groups in total. The Kier molecular flexibility index (Phi) is 31.6. The second-order valence-corrected chi connectivity index (χ2v) is 17.4. The third-order valence-corrected chi connectivity index (χ3v) is 11.2. The first-order valence-electron chi connectivity index (χ1n) is 24.5. The minimum atomic E-state index is -1.00. The molecule has 1 fully saturated rings. The molecule has 4 atom stereocenters. The number of amides is 4. The molecular weight excluding hydrogens is 875 g/mol. The quantitative estimate of drug-likeness (QED) is 0.0525. The minimum absolute atomic E-state index is 0.0317. The van der Waals surface area contributed by atoms with Crippen LogP contribution in [0, 0.1) is 5.92 Å². The third-order valence-electron chi connectivity index (χ3n) is 11.2. The van der Waals surface area contributed by atoms with Gasteiger partial charge in [0.15, 0.2) is 0 Å². The lowest BCUT2D eigenvalue weighted by molar-refractivity contribution is -0.138. The molecule has 18 nitrogen and oxygen atoms in total. The highest BCUT2D eigenvalue weighted by molar-refractivity contribution is 5.95. The van der Waals surface area contributed by atoms with Gasteiger partial charge in [-0.15, -0.1) is 0 Å². The summed E-state index contributed by atoms with van der Waals surface area (Å²) in [6.07, 6.45) is 4.07. The summed E-state index contributed by atoms with van der Waals surface area (Å²) in [5, 5.41) is 12.2. The second-order valence-electron chi connectivity index (χ2n) is 17.4. The van der Waals surface area contributed by atoms with Gasteiger partial charge in [0.25, 0.3) is 0 Å². The highest BCUT2D eigenvalue weighted by Gasteiger charge is 2.33. The number of hydrogen-bond donors (Lipinski definition) is 6. The van der Waals surface area contributed by atoms with Crippen molar-refractivity contribution < 1.29 is 52.3 Å². The summed E-state index contributed by atoms with van der Waals surface area (Å²) in [5.74, 6) is -1.55. The monoisotopic (exact) mass is 958 g/mol. The number of benzene rings is 2. The SMILES string of the molecule is COCCOCCOCCOCCOCCOCCOCCNCCCC[C@@H](NC(=O)[C@@H](CC(C)C)NC(=O)[C@@H](Cc1ccccc1)NC(=O)[C@H](N)Cc1ccccc1)C(=O)N1CCC(N)CC1. The van der Waals surface area contributed by atoms with E-state index in [2.05, 4.69) is 21.3 Å². The van der Waals surface area contributed by atoms with Crippen molar-refractivity contribution in [2.24, 2.45) is 17.4 Å². The van der Waals surface area contributed by atoms with E-state index in [1.54, 1.807) is 12.0 Å². The molecule has 68 heavy (non-hydrogen) atoms. The van der Waals surface area contributed by atoms with Crippen molar-refractivity contribution in [2.45, 2.75) is 95.4 Å². The molecule has 4 amide bonds. The van der Waals surface area contributed by atoms with E-state index >= 15 is 0 Å². The predicted molar refractivity (Wildman–Crippen MR) is 261 cm³/mol. The maximum atomic E-state index is 14.1. The molecule has 1 saturated heterocycles. The van der Waals surface area contributed by atoms with E-state index in [0.29, 0.717) is 151 Å². The normalized spacial score (nSPS) is 14.9. The number of piperidine rings is 1. The van der Waals surface area contributed by atoms with Crippen LogP contribution < -0.4 is 32.7 Å². The number of carbonyl (C=O) groups is 4. The van der Waals surface area contributed by atoms with Crippen molar-refractivity contribution in [2.75, 3.05) is 119 Å². The summed E-state index contributed by atoms with van der Waals surface area (Å²) in [7, 11) is 1.64. The predicted octanol–water partition coefficient (Wildman–Crippen LogP) is 1.76. The number of ether oxygens (including phenoxy) is 7. The van der Waals surface area contributed by atoms with Crippen LogP contribution in [0.25, 0.3) is 0 Å². The second kappa shape index (κ2) is 36.8. The van der Waals surface area contributed by atoms with Gasteiger partial charge in [-0.3, -0.25) is 19.2 Å². The summed E-state index contributed by atoms with van der Waals surface area (Å²) >= 11 is 0. The number of rotatable bonds is 39. The molecule has 384 valence electrons. The number of methoxy groups -OCH3 is 1. The van der Waals surface area contributed by atoms with E-state index < -0.39 is 41.9 Å². The van der Waals surface area contributed by atoms with Crippen LogP contribution in [0.4, 0.5) is 0 Å². The number of nitrogens with two attached hydrogens (primary N) is 2. The zero-order valence-electron chi connectivity index (χ0n) is 41.0. The Bertz CT molecular complexity index is 1620. The Morgan fingerprint density at radius 3 is 1.56 bits per heavy atom. The third kappa shape index (κ3) is 26.6. The van der Waals surface area contributed by atoms with Gasteiger partial charge < -0.3 is 70.8 Å². The molecule has 0 saturated carbocycles. The van der Waals surface area contributed by atoms with Crippen LogP contribution in [0.1, 0.15) is 63.5 Å². The fourth-order valence-corrected chi connectivity index (χ4v) is 7.36. The zero-order chi connectivity index (χ0) is 49.0. The maximum absolute atomic E-state index is 14.1. The Hall–Kier alpha value is -4.08. The van der Waals surface area contributed by atoms with Crippen LogP contribution in [0.2, 0.25) is 0 Å². The number of likely N-dealkylation sites (tertiary alicyclic amines) is 1. The van der Waals surface area contributed by atoms with Crippen molar-refractivity contribution in [1.29, 1.82) is 0 Å². The highest BCUT2D eigenvalue weighted by Crippen LogP contribution is 2.15. The van der Waals surface area contributed by atoms with E-state index in [-0.39, 0.29) is 24.3 Å². The van der Waals surface area contributed by atoms with E-state index in [0.717, 1.165) is 17.5 Å². The van der Waals surface area contributed by atoms with Crippen LogP contribution in [0.3, 0.4) is 0 Å². The molecule has 1 aliphatic rings. The largest absolute Gasteiger partial charge is 0.382 e. The average molecular weight is 958 g/mol. The first-order chi connectivity index (χ1) is 33.1. The van der Waals surface area contributed by atoms with Gasteiger partial charge in [-0.1, -0.05) is 74.5 Å². The highest BCUT2D eigenvalue weighted by atomic mass is 16.6. The van der Waals surface area contributed by atoms with E-state index in [9.17, 15) is 19.2 Å². The van der Waals surface area contributed by atoms with Gasteiger partial charge in [-0.25, -0.2) is 0 Å². The first kappa shape index (κ1) is 58.2. The molecule has 2 aromatic carbocycles. The molecule has 0 bridgehead atoms. The Labute approximate surface area is 404 Å². The molecule has 0 unspecified atom stereocenters. The molecule has 1 heterocycles. The van der Waals surface area contributed by atoms with Gasteiger partial charge in [0.1, 0.15) is 18.1 Å². The van der Waals surface area contributed by atoms with Crippen LogP contribution in [0.15, 0.2) is 60.7 Å². The van der Waals surface area contributed by atoms with Gasteiger partial charge in [0.2, 0.25) is 23.6 Å². The Morgan fingerprint density at radius 2 is 1.04 bits per heavy atom. The van der Waals surface area contributed by atoms with Crippen molar-refractivity contribution in [3.8, 4) is 0 Å². The van der Waals surface area contributed by atoms with Crippen molar-refractivity contribution in [3.05, 3.63) is 71.8 Å². The number of unbranched alkanes of at least 4 members (excludes halogenated alkanes) is 1. The van der Waals surface area contributed by atoms with Crippen molar-refractivity contribution in [3.63, 3.8) is 0 Å². The number of carbonyl (C=O) groups excluding carboxylic acids is 4. The van der Waals surface area contributed by atoms with Crippen molar-refractivity contribution >= 4 is 23.6 Å². The molecule has 0 radical (unpaired) electrons. The molecule has 0 aliphatic carbocycles. The smallest absolute Gasteiger partial charge is 0.245 e. The van der Waals surface area contributed by atoms with Gasteiger partial charge >= 0.3 is 0 Å². The summed E-state index contributed by atoms with van der Waals surface area (Å²) in [4.78, 5) is 57.4. The Balaban J connectivity index is 1.40. The summed E-state index contributed by atoms with van der Waals surface area (Å²) in [6.45, 7) is 12.9. The fourth-order valence-electron chi connectivity index (χ4n) is 7.36. The lowest BCUT2D eigenvalue weighted by Gasteiger charge is -2.34. The lowest BCUT2D eigenvalue weighted by atomic mass is 9.99. The van der Waals surface area contributed by atoms with E-state index in [1.165, 1.54) is 0 Å². The molecular formula is C50H83N7O11. The van der Waals surface area contributed by atoms with Crippen LogP contribution in [-0.2, 0) is 65.2 Å². The topological polar surface area (TPSA) is 236 Å². The minimum Gasteiger partial charge on any atom is -0.382 e. The molecule has 2 aromatic rings. The lowest BCUT2D eigenvalue weighted by Crippen LogP contribution is -2.59. The summed E-state index contributed by atoms with van der Waals surface area (Å²) in [5.41, 5.74) is 14.2. The zero-order valence-corrected chi connectivity index (χ0v) is 41.0. The number of hydrogen-bond acceptors (Lipinski definition) is 14. The number of nitrogens with one attached hydrogen (secondary N) is 4. The van der Waals surface area contributed by atoms with Gasteiger partial charge in [-0.2, -0.15) is 0 Å². The fraction of sp³-hybridized carbons (Fsp3) is 0.680. The van der Waals surface area contributed by atoms with Gasteiger partial charge in [0, 0.05) is 39.2 Å². The van der Waals surface area contributed by atoms with Gasteiger partial charge in [0.05, 0.1) is 91.9 Å². The average Bonchev–Trinajstić information content (AvgIpc) is 3.33. The Morgan fingerprint density at radius 1 is 0.588 bits per heavy atom. The molecule has 0 aromatic heterocycles. The van der Waals surface area contributed by atoms with Crippen LogP contribution in [-0.4, -0.2) is 178 Å². The van der Waals surface area contributed by atoms with E-state index in [1.807, 2.05) is 74.5 Å². The maximum Gasteiger partial charge on any atom is 0.245 e. The summed E-state index contributed by atoms with van der Waals surface area (Å²) < 4.78 is 38.0. The number of nitrogens with zero attached hydrogens (tertiary/aromatic N) is 1. The molecule has 1 aliphatic heterocycles. The van der Waals surface area contributed by atoms with Crippen LogP contribution >= 0.6 is 0 Å². The first-order valence-corrected chi connectivity index (χ1v) is 24.5. The standard InChI is InChI=1S/C50H83N7O11/c1-39(2)36-45(56-49(60)46(38-41-14-8-5-9-15-41)55-47(58)43(52)37-40-12-6-4-7-13-40)48(59)54-44(50(61)57-21-17-42(51)18-22-57)16-10-11-19-53-20-23-63-26-27-65-30-31-67-34-35-68-33-32-66-29-28-64-25-24-62-3/h4-9,12-15,39,42-46,53H,10-11,16-38,51-52H2,1-3H3,(H,54,59)(H,55,58)(H,56,60)/t43-,44-,45-,46-/m1/s1. The summed E-state index contributed by atoms with van der Waals surface area (Å²) in [6, 6.07) is 15.2. The van der Waals surface area contributed by atoms with Crippen LogP contribution in [0.5, 0.6) is 0 Å². The molecule has 0 spiro atoms. The van der Waals surface area contributed by atoms with E-state index in [4.69, 9.17) is 44.6 Å². The van der Waals surface area contributed by atoms with Crippen molar-refractivity contribution in [1.82, 2.24) is 26.2 Å². The molecule has 3 rings (SSSR count). The molecule has 18 heteroatoms.